The van der Waals surface area contributed by atoms with Crippen molar-refractivity contribution in [3.05, 3.63) is 0 Å². The first-order chi connectivity index (χ1) is 7.66. The molecule has 2 heterocycles. The summed E-state index contributed by atoms with van der Waals surface area (Å²) in [4.78, 5) is 4.61. The number of likely N-dealkylation sites (N-methyl/N-ethyl adjacent to an activating group) is 1. The molecule has 2 rings (SSSR count). The third-order valence-electron chi connectivity index (χ3n) is 4.14. The number of nitrogens with zero attached hydrogens (tertiary/aromatic N) is 2. The van der Waals surface area contributed by atoms with E-state index >= 15 is 0 Å². The maximum absolute atomic E-state index is 9.57. The van der Waals surface area contributed by atoms with Crippen LogP contribution >= 0.6 is 0 Å². The van der Waals surface area contributed by atoms with E-state index in [1.54, 1.807) is 0 Å². The second-order valence-corrected chi connectivity index (χ2v) is 5.40. The Morgan fingerprint density at radius 3 is 2.81 bits per heavy atom. The van der Waals surface area contributed by atoms with Gasteiger partial charge in [-0.3, -0.25) is 4.90 Å². The van der Waals surface area contributed by atoms with Crippen molar-refractivity contribution < 1.29 is 9.84 Å². The maximum atomic E-state index is 9.57. The summed E-state index contributed by atoms with van der Waals surface area (Å²) in [5, 5.41) is 9.57. The van der Waals surface area contributed by atoms with Crippen molar-refractivity contribution in [2.45, 2.75) is 30.9 Å². The fourth-order valence-electron chi connectivity index (χ4n) is 2.81. The molecule has 2 atom stereocenters. The van der Waals surface area contributed by atoms with E-state index in [1.165, 1.54) is 12.8 Å². The van der Waals surface area contributed by atoms with E-state index in [4.69, 9.17) is 4.74 Å². The van der Waals surface area contributed by atoms with Crippen molar-refractivity contribution in [2.24, 2.45) is 0 Å². The summed E-state index contributed by atoms with van der Waals surface area (Å²) in [5.74, 6) is 0. The van der Waals surface area contributed by atoms with Gasteiger partial charge in [-0.15, -0.1) is 0 Å². The summed E-state index contributed by atoms with van der Waals surface area (Å²) in [6.07, 6.45) is 3.89. The van der Waals surface area contributed by atoms with Gasteiger partial charge in [0.2, 0.25) is 0 Å². The molecule has 2 aliphatic heterocycles. The molecular formula is C12H24N2O2. The highest BCUT2D eigenvalue weighted by Crippen LogP contribution is 2.26. The average Bonchev–Trinajstić information content (AvgIpc) is 2.88. The van der Waals surface area contributed by atoms with Crippen molar-refractivity contribution in [3.63, 3.8) is 0 Å². The van der Waals surface area contributed by atoms with Crippen molar-refractivity contribution >= 4 is 0 Å². The van der Waals surface area contributed by atoms with Crippen LogP contribution in [0, 0.1) is 0 Å². The second kappa shape index (κ2) is 5.00. The molecule has 0 spiro atoms. The summed E-state index contributed by atoms with van der Waals surface area (Å²) >= 11 is 0. The number of likely N-dealkylation sites (tertiary alicyclic amines) is 1. The average molecular weight is 228 g/mol. The Kier molecular flexibility index (Phi) is 3.85. The Balaban J connectivity index is 1.86. The Labute approximate surface area is 98.2 Å². The van der Waals surface area contributed by atoms with Gasteiger partial charge < -0.3 is 14.7 Å². The first kappa shape index (κ1) is 12.3. The molecule has 0 radical (unpaired) electrons. The molecule has 94 valence electrons. The summed E-state index contributed by atoms with van der Waals surface area (Å²) in [5.41, 5.74) is -0.0292. The van der Waals surface area contributed by atoms with Crippen molar-refractivity contribution in [1.29, 1.82) is 0 Å². The van der Waals surface area contributed by atoms with Gasteiger partial charge in [-0.05, 0) is 33.4 Å². The highest BCUT2D eigenvalue weighted by atomic mass is 16.5. The zero-order valence-electron chi connectivity index (χ0n) is 10.5. The second-order valence-electron chi connectivity index (χ2n) is 5.40. The van der Waals surface area contributed by atoms with Crippen LogP contribution in [0.4, 0.5) is 0 Å². The molecule has 2 aliphatic rings. The zero-order chi connectivity index (χ0) is 11.6. The number of hydrogen-bond acceptors (Lipinski definition) is 4. The minimum absolute atomic E-state index is 0.0292. The zero-order valence-corrected chi connectivity index (χ0v) is 10.5. The lowest BCUT2D eigenvalue weighted by molar-refractivity contribution is 0.0544. The maximum Gasteiger partial charge on any atom is 0.0702 e. The topological polar surface area (TPSA) is 35.9 Å². The van der Waals surface area contributed by atoms with Crippen LogP contribution in [0.2, 0.25) is 0 Å². The molecule has 0 saturated carbocycles. The third-order valence-corrected chi connectivity index (χ3v) is 4.14. The minimum atomic E-state index is -0.0292. The van der Waals surface area contributed by atoms with Gasteiger partial charge in [0.05, 0.1) is 18.2 Å². The third kappa shape index (κ3) is 2.40. The van der Waals surface area contributed by atoms with E-state index in [2.05, 4.69) is 23.9 Å². The lowest BCUT2D eigenvalue weighted by atomic mass is 9.99. The molecule has 2 saturated heterocycles. The van der Waals surface area contributed by atoms with Crippen molar-refractivity contribution in [3.8, 4) is 0 Å². The largest absolute Gasteiger partial charge is 0.394 e. The molecule has 0 aromatic rings. The van der Waals surface area contributed by atoms with Crippen LogP contribution in [0.5, 0.6) is 0 Å². The molecule has 4 nitrogen and oxygen atoms in total. The molecule has 16 heavy (non-hydrogen) atoms. The number of hydrogen-bond donors (Lipinski definition) is 1. The van der Waals surface area contributed by atoms with Gasteiger partial charge in [-0.1, -0.05) is 0 Å². The first-order valence-corrected chi connectivity index (χ1v) is 6.28. The predicted molar refractivity (Wildman–Crippen MR) is 63.5 cm³/mol. The summed E-state index contributed by atoms with van der Waals surface area (Å²) in [6, 6.07) is 0. The number of aliphatic hydroxyl groups excluding tert-OH is 1. The highest BCUT2D eigenvalue weighted by molar-refractivity contribution is 4.97. The fraction of sp³-hybridized carbons (Fsp3) is 1.00. The molecule has 0 aromatic carbocycles. The SMILES string of the molecule is CN(C)C1(CO)CCN(CC2CCCO2)C1. The van der Waals surface area contributed by atoms with E-state index in [0.29, 0.717) is 6.10 Å². The van der Waals surface area contributed by atoms with Crippen LogP contribution < -0.4 is 0 Å². The lowest BCUT2D eigenvalue weighted by Gasteiger charge is -2.34. The number of rotatable bonds is 4. The Morgan fingerprint density at radius 1 is 1.50 bits per heavy atom. The van der Waals surface area contributed by atoms with E-state index in [0.717, 1.165) is 32.7 Å². The van der Waals surface area contributed by atoms with Crippen LogP contribution in [-0.2, 0) is 4.74 Å². The molecule has 1 N–H and O–H groups in total. The quantitative estimate of drug-likeness (QED) is 0.744. The van der Waals surface area contributed by atoms with Crippen molar-refractivity contribution in [2.75, 3.05) is 46.9 Å². The minimum Gasteiger partial charge on any atom is -0.394 e. The molecule has 0 bridgehead atoms. The van der Waals surface area contributed by atoms with Crippen LogP contribution in [-0.4, -0.2) is 73.5 Å². The molecule has 0 aliphatic carbocycles. The molecule has 0 aromatic heterocycles. The molecule has 2 fully saturated rings. The van der Waals surface area contributed by atoms with Gasteiger partial charge in [-0.25, -0.2) is 0 Å². The van der Waals surface area contributed by atoms with Crippen LogP contribution in [0.25, 0.3) is 0 Å². The van der Waals surface area contributed by atoms with Gasteiger partial charge >= 0.3 is 0 Å². The highest BCUT2D eigenvalue weighted by Gasteiger charge is 2.40. The standard InChI is InChI=1S/C12H24N2O2/c1-13(2)12(10-15)5-6-14(9-12)8-11-4-3-7-16-11/h11,15H,3-10H2,1-2H3. The van der Waals surface area contributed by atoms with E-state index in [9.17, 15) is 5.11 Å². The van der Waals surface area contributed by atoms with E-state index in [1.807, 2.05) is 0 Å². The van der Waals surface area contributed by atoms with Gasteiger partial charge in [0.15, 0.2) is 0 Å². The lowest BCUT2D eigenvalue weighted by Crippen LogP contribution is -2.50. The smallest absolute Gasteiger partial charge is 0.0702 e. The summed E-state index contributed by atoms with van der Waals surface area (Å²) in [6.45, 7) is 4.27. The summed E-state index contributed by atoms with van der Waals surface area (Å²) in [7, 11) is 4.12. The van der Waals surface area contributed by atoms with Crippen LogP contribution in [0.1, 0.15) is 19.3 Å². The fourth-order valence-corrected chi connectivity index (χ4v) is 2.81. The van der Waals surface area contributed by atoms with Gasteiger partial charge in [0.25, 0.3) is 0 Å². The predicted octanol–water partition coefficient (Wildman–Crippen LogP) is 0.164. The number of ether oxygens (including phenoxy) is 1. The Morgan fingerprint density at radius 2 is 2.31 bits per heavy atom. The molecule has 4 heteroatoms. The number of aliphatic hydroxyl groups is 1. The first-order valence-electron chi connectivity index (χ1n) is 6.28. The van der Waals surface area contributed by atoms with Crippen molar-refractivity contribution in [1.82, 2.24) is 9.80 Å². The molecular weight excluding hydrogens is 204 g/mol. The summed E-state index contributed by atoms with van der Waals surface area (Å²) < 4.78 is 5.66. The Bertz CT molecular complexity index is 229. The van der Waals surface area contributed by atoms with Gasteiger partial charge in [0, 0.05) is 26.2 Å². The normalized spacial score (nSPS) is 36.4. The monoisotopic (exact) mass is 228 g/mol. The van der Waals surface area contributed by atoms with Gasteiger partial charge in [0.1, 0.15) is 0 Å². The van der Waals surface area contributed by atoms with Crippen LogP contribution in [0.3, 0.4) is 0 Å². The van der Waals surface area contributed by atoms with E-state index < -0.39 is 0 Å². The molecule has 2 unspecified atom stereocenters. The molecule has 0 amide bonds. The van der Waals surface area contributed by atoms with Crippen LogP contribution in [0.15, 0.2) is 0 Å². The Hall–Kier alpha value is -0.160. The van der Waals surface area contributed by atoms with Gasteiger partial charge in [-0.2, -0.15) is 0 Å². The van der Waals surface area contributed by atoms with E-state index in [-0.39, 0.29) is 12.1 Å².